The Morgan fingerprint density at radius 1 is 1.39 bits per heavy atom. The number of hydrogen-bond donors (Lipinski definition) is 2. The van der Waals surface area contributed by atoms with E-state index in [1.54, 1.807) is 11.8 Å². The molecule has 1 aromatic heterocycles. The zero-order chi connectivity index (χ0) is 12.7. The number of fused-ring (bicyclic) bond motifs is 3. The van der Waals surface area contributed by atoms with Gasteiger partial charge in [-0.25, -0.2) is 4.98 Å². The van der Waals surface area contributed by atoms with E-state index in [2.05, 4.69) is 28.2 Å². The van der Waals surface area contributed by atoms with Crippen molar-refractivity contribution >= 4 is 17.7 Å². The van der Waals surface area contributed by atoms with Crippen LogP contribution in [0.2, 0.25) is 0 Å². The maximum atomic E-state index is 12.1. The van der Waals surface area contributed by atoms with Crippen LogP contribution in [0.5, 0.6) is 0 Å². The molecule has 0 fully saturated rings. The molecule has 4 nitrogen and oxygen atoms in total. The molecule has 1 aliphatic carbocycles. The summed E-state index contributed by atoms with van der Waals surface area (Å²) in [5, 5.41) is 0. The predicted molar refractivity (Wildman–Crippen MR) is 73.9 cm³/mol. The molecular weight excluding hydrogens is 246 g/mol. The van der Waals surface area contributed by atoms with E-state index in [1.165, 1.54) is 5.56 Å². The molecule has 0 amide bonds. The van der Waals surface area contributed by atoms with Gasteiger partial charge >= 0.3 is 0 Å². The van der Waals surface area contributed by atoms with Crippen LogP contribution in [0.3, 0.4) is 0 Å². The van der Waals surface area contributed by atoms with Crippen molar-refractivity contribution in [1.82, 2.24) is 9.97 Å². The SMILES string of the molecule is CSc1ccc2c(c1)-c1c(nc(N)[nH]c1=O)CC2. The number of aromatic nitrogens is 2. The monoisotopic (exact) mass is 259 g/mol. The second kappa shape index (κ2) is 4.17. The highest BCUT2D eigenvalue weighted by atomic mass is 32.2. The topological polar surface area (TPSA) is 71.8 Å². The number of hydrogen-bond acceptors (Lipinski definition) is 4. The molecule has 2 aromatic rings. The third kappa shape index (κ3) is 1.71. The molecule has 1 aliphatic rings. The Morgan fingerprint density at radius 2 is 2.22 bits per heavy atom. The van der Waals surface area contributed by atoms with Gasteiger partial charge in [0.1, 0.15) is 0 Å². The van der Waals surface area contributed by atoms with E-state index >= 15 is 0 Å². The van der Waals surface area contributed by atoms with Crippen LogP contribution in [0.1, 0.15) is 11.3 Å². The Hall–Kier alpha value is -1.75. The number of aryl methyl sites for hydroxylation is 2. The Bertz CT molecular complexity index is 678. The molecule has 0 bridgehead atoms. The van der Waals surface area contributed by atoms with E-state index in [1.807, 2.05) is 6.26 Å². The van der Waals surface area contributed by atoms with Crippen molar-refractivity contribution in [3.8, 4) is 11.1 Å². The van der Waals surface area contributed by atoms with Crippen molar-refractivity contribution in [2.45, 2.75) is 17.7 Å². The normalized spacial score (nSPS) is 12.9. The summed E-state index contributed by atoms with van der Waals surface area (Å²) in [7, 11) is 0. The molecule has 0 spiro atoms. The van der Waals surface area contributed by atoms with Gasteiger partial charge < -0.3 is 5.73 Å². The molecule has 5 heteroatoms. The number of benzene rings is 1. The summed E-state index contributed by atoms with van der Waals surface area (Å²) in [6.45, 7) is 0. The average molecular weight is 259 g/mol. The van der Waals surface area contributed by atoms with Gasteiger partial charge in [0.15, 0.2) is 0 Å². The van der Waals surface area contributed by atoms with Crippen molar-refractivity contribution in [1.29, 1.82) is 0 Å². The Kier molecular flexibility index (Phi) is 2.63. The zero-order valence-electron chi connectivity index (χ0n) is 9.99. The zero-order valence-corrected chi connectivity index (χ0v) is 10.8. The fraction of sp³-hybridized carbons (Fsp3) is 0.231. The van der Waals surface area contributed by atoms with E-state index in [-0.39, 0.29) is 11.5 Å². The van der Waals surface area contributed by atoms with Crippen molar-refractivity contribution in [3.05, 3.63) is 39.8 Å². The first-order valence-corrected chi connectivity index (χ1v) is 6.97. The summed E-state index contributed by atoms with van der Waals surface area (Å²) in [5.41, 5.74) is 9.14. The van der Waals surface area contributed by atoms with E-state index in [9.17, 15) is 4.79 Å². The summed E-state index contributed by atoms with van der Waals surface area (Å²) < 4.78 is 0. The van der Waals surface area contributed by atoms with Crippen molar-refractivity contribution in [2.75, 3.05) is 12.0 Å². The molecule has 18 heavy (non-hydrogen) atoms. The van der Waals surface area contributed by atoms with Gasteiger partial charge in [0.05, 0.1) is 11.3 Å². The number of H-pyrrole nitrogens is 1. The summed E-state index contributed by atoms with van der Waals surface area (Å²) in [6.07, 6.45) is 3.71. The number of rotatable bonds is 1. The van der Waals surface area contributed by atoms with Gasteiger partial charge in [0.25, 0.3) is 5.56 Å². The number of thioether (sulfide) groups is 1. The van der Waals surface area contributed by atoms with Gasteiger partial charge in [-0.1, -0.05) is 6.07 Å². The van der Waals surface area contributed by atoms with Crippen LogP contribution in [0.4, 0.5) is 5.95 Å². The van der Waals surface area contributed by atoms with Gasteiger partial charge in [-0.15, -0.1) is 11.8 Å². The molecule has 0 radical (unpaired) electrons. The summed E-state index contributed by atoms with van der Waals surface area (Å²) in [4.78, 5) is 20.0. The van der Waals surface area contributed by atoms with Gasteiger partial charge in [0.2, 0.25) is 5.95 Å². The van der Waals surface area contributed by atoms with E-state index < -0.39 is 0 Å². The number of nitrogens with two attached hydrogens (primary N) is 1. The minimum atomic E-state index is -0.142. The first-order valence-electron chi connectivity index (χ1n) is 5.75. The molecule has 1 heterocycles. The fourth-order valence-electron chi connectivity index (χ4n) is 2.38. The summed E-state index contributed by atoms with van der Waals surface area (Å²) in [6, 6.07) is 6.25. The summed E-state index contributed by atoms with van der Waals surface area (Å²) in [5.74, 6) is 0.197. The van der Waals surface area contributed by atoms with Crippen LogP contribution in [0, 0.1) is 0 Å². The van der Waals surface area contributed by atoms with Gasteiger partial charge in [0, 0.05) is 4.90 Å². The van der Waals surface area contributed by atoms with Crippen LogP contribution in [0.25, 0.3) is 11.1 Å². The van der Waals surface area contributed by atoms with Gasteiger partial charge in [-0.05, 0) is 42.4 Å². The molecule has 0 saturated heterocycles. The van der Waals surface area contributed by atoms with Crippen molar-refractivity contribution in [3.63, 3.8) is 0 Å². The lowest BCUT2D eigenvalue weighted by atomic mass is 9.89. The van der Waals surface area contributed by atoms with Crippen molar-refractivity contribution in [2.24, 2.45) is 0 Å². The molecule has 92 valence electrons. The Morgan fingerprint density at radius 3 is 3.00 bits per heavy atom. The molecule has 0 saturated carbocycles. The van der Waals surface area contributed by atoms with Crippen LogP contribution in [0.15, 0.2) is 27.9 Å². The van der Waals surface area contributed by atoms with Crippen LogP contribution >= 0.6 is 11.8 Å². The third-order valence-electron chi connectivity index (χ3n) is 3.23. The Balaban J connectivity index is 2.30. The minimum absolute atomic E-state index is 0.142. The van der Waals surface area contributed by atoms with E-state index in [0.29, 0.717) is 5.56 Å². The summed E-state index contributed by atoms with van der Waals surface area (Å²) >= 11 is 1.67. The molecule has 1 aromatic carbocycles. The largest absolute Gasteiger partial charge is 0.369 e. The molecule has 0 atom stereocenters. The number of aromatic amines is 1. The second-order valence-electron chi connectivity index (χ2n) is 4.30. The third-order valence-corrected chi connectivity index (χ3v) is 3.96. The maximum Gasteiger partial charge on any atom is 0.260 e. The molecule has 0 unspecified atom stereocenters. The molecule has 0 aliphatic heterocycles. The lowest BCUT2D eigenvalue weighted by Gasteiger charge is -2.18. The standard InChI is InChI=1S/C13H13N3OS/c1-18-8-4-2-7-3-5-10-11(9(7)6-8)12(17)16-13(14)15-10/h2,4,6H,3,5H2,1H3,(H3,14,15,16,17). The Labute approximate surface area is 109 Å². The highest BCUT2D eigenvalue weighted by Crippen LogP contribution is 2.32. The van der Waals surface area contributed by atoms with E-state index in [0.717, 1.165) is 29.0 Å². The first kappa shape index (κ1) is 11.3. The lowest BCUT2D eigenvalue weighted by molar-refractivity contribution is 0.878. The molecule has 3 rings (SSSR count). The second-order valence-corrected chi connectivity index (χ2v) is 5.18. The van der Waals surface area contributed by atoms with Crippen LogP contribution in [-0.4, -0.2) is 16.2 Å². The van der Waals surface area contributed by atoms with Gasteiger partial charge in [-0.2, -0.15) is 0 Å². The average Bonchev–Trinajstić information content (AvgIpc) is 2.36. The highest BCUT2D eigenvalue weighted by Gasteiger charge is 2.21. The van der Waals surface area contributed by atoms with Crippen molar-refractivity contribution < 1.29 is 0 Å². The predicted octanol–water partition coefficient (Wildman–Crippen LogP) is 1.84. The van der Waals surface area contributed by atoms with Crippen LogP contribution < -0.4 is 11.3 Å². The minimum Gasteiger partial charge on any atom is -0.369 e. The first-order chi connectivity index (χ1) is 8.69. The fourth-order valence-corrected chi connectivity index (χ4v) is 2.82. The lowest BCUT2D eigenvalue weighted by Crippen LogP contribution is -2.20. The molecular formula is C13H13N3OS. The van der Waals surface area contributed by atoms with Gasteiger partial charge in [-0.3, -0.25) is 9.78 Å². The van der Waals surface area contributed by atoms with Crippen LogP contribution in [-0.2, 0) is 12.8 Å². The maximum absolute atomic E-state index is 12.1. The molecule has 3 N–H and O–H groups in total. The number of nitrogen functional groups attached to an aromatic ring is 1. The highest BCUT2D eigenvalue weighted by molar-refractivity contribution is 7.98. The smallest absolute Gasteiger partial charge is 0.260 e. The number of anilines is 1. The van der Waals surface area contributed by atoms with E-state index in [4.69, 9.17) is 5.73 Å². The quantitative estimate of drug-likeness (QED) is 0.767. The number of nitrogens with zero attached hydrogens (tertiary/aromatic N) is 1. The number of nitrogens with one attached hydrogen (secondary N) is 1.